The van der Waals surface area contributed by atoms with Gasteiger partial charge in [-0.2, -0.15) is 5.10 Å². The summed E-state index contributed by atoms with van der Waals surface area (Å²) in [5.41, 5.74) is 0.635. The molecule has 2 aromatic heterocycles. The van der Waals surface area contributed by atoms with E-state index in [4.69, 9.17) is 4.74 Å². The molecule has 0 spiro atoms. The van der Waals surface area contributed by atoms with Crippen molar-refractivity contribution in [2.75, 3.05) is 27.7 Å². The maximum Gasteiger partial charge on any atom is 0.163 e. The second-order valence-electron chi connectivity index (χ2n) is 4.35. The molecule has 2 rings (SSSR count). The highest BCUT2D eigenvalue weighted by atomic mass is 32.1. The number of rotatable bonds is 6. The van der Waals surface area contributed by atoms with E-state index in [0.29, 0.717) is 22.9 Å². The number of ether oxygens (including phenoxy) is 1. The fourth-order valence-corrected chi connectivity index (χ4v) is 2.21. The highest BCUT2D eigenvalue weighted by molar-refractivity contribution is 7.05. The molecular weight excluding hydrogens is 266 g/mol. The lowest BCUT2D eigenvalue weighted by atomic mass is 10.2. The van der Waals surface area contributed by atoms with Gasteiger partial charge in [-0.05, 0) is 25.6 Å². The van der Waals surface area contributed by atoms with Gasteiger partial charge >= 0.3 is 0 Å². The zero-order valence-corrected chi connectivity index (χ0v) is 12.0. The number of likely N-dealkylation sites (N-methyl/N-ethyl adjacent to an activating group) is 1. The average Bonchev–Trinajstić information content (AvgIpc) is 3.04. The number of aliphatic hydroxyl groups excluding tert-OH is 1. The van der Waals surface area contributed by atoms with Gasteiger partial charge in [-0.1, -0.05) is 4.49 Å². The highest BCUT2D eigenvalue weighted by Gasteiger charge is 2.23. The van der Waals surface area contributed by atoms with E-state index in [-0.39, 0.29) is 0 Å². The van der Waals surface area contributed by atoms with Crippen molar-refractivity contribution in [3.8, 4) is 5.75 Å². The molecule has 2 aromatic rings. The molecule has 0 radical (unpaired) electrons. The Bertz CT molecular complexity index is 511. The van der Waals surface area contributed by atoms with Crippen LogP contribution in [0.3, 0.4) is 0 Å². The SMILES string of the molecule is COc1cnn(CCN(C)C)c1C(O)c1cnns1. The average molecular weight is 283 g/mol. The van der Waals surface area contributed by atoms with Crippen LogP contribution < -0.4 is 4.74 Å². The normalized spacial score (nSPS) is 12.9. The molecule has 0 aliphatic rings. The summed E-state index contributed by atoms with van der Waals surface area (Å²) in [6, 6.07) is 0. The van der Waals surface area contributed by atoms with Gasteiger partial charge in [0.2, 0.25) is 0 Å². The summed E-state index contributed by atoms with van der Waals surface area (Å²) in [7, 11) is 5.54. The summed E-state index contributed by atoms with van der Waals surface area (Å²) >= 11 is 1.16. The number of aromatic nitrogens is 4. The van der Waals surface area contributed by atoms with Crippen molar-refractivity contribution in [3.05, 3.63) is 23.0 Å². The lowest BCUT2D eigenvalue weighted by molar-refractivity contribution is 0.203. The van der Waals surface area contributed by atoms with Gasteiger partial charge in [0, 0.05) is 6.54 Å². The molecule has 0 saturated carbocycles. The Balaban J connectivity index is 2.28. The monoisotopic (exact) mass is 283 g/mol. The van der Waals surface area contributed by atoms with Crippen LogP contribution in [0.25, 0.3) is 0 Å². The summed E-state index contributed by atoms with van der Waals surface area (Å²) < 4.78 is 10.8. The van der Waals surface area contributed by atoms with Crippen molar-refractivity contribution in [1.82, 2.24) is 24.3 Å². The van der Waals surface area contributed by atoms with Crippen molar-refractivity contribution >= 4 is 11.5 Å². The first-order valence-electron chi connectivity index (χ1n) is 5.83. The third kappa shape index (κ3) is 3.09. The minimum absolute atomic E-state index is 0.569. The lowest BCUT2D eigenvalue weighted by Crippen LogP contribution is -2.21. The van der Waals surface area contributed by atoms with Crippen molar-refractivity contribution in [3.63, 3.8) is 0 Å². The van der Waals surface area contributed by atoms with E-state index in [1.165, 1.54) is 0 Å². The molecule has 0 aliphatic heterocycles. The van der Waals surface area contributed by atoms with Crippen LogP contribution >= 0.6 is 11.5 Å². The summed E-state index contributed by atoms with van der Waals surface area (Å²) in [5, 5.41) is 18.4. The first-order chi connectivity index (χ1) is 9.13. The molecule has 2 heterocycles. The van der Waals surface area contributed by atoms with Gasteiger partial charge in [0.05, 0.1) is 30.9 Å². The van der Waals surface area contributed by atoms with Gasteiger partial charge in [-0.25, -0.2) is 0 Å². The van der Waals surface area contributed by atoms with Crippen LogP contribution in [0.15, 0.2) is 12.4 Å². The Kier molecular flexibility index (Phi) is 4.46. The summed E-state index contributed by atoms with van der Waals surface area (Å²) in [4.78, 5) is 2.73. The van der Waals surface area contributed by atoms with E-state index in [1.54, 1.807) is 24.2 Å². The Morgan fingerprint density at radius 2 is 2.26 bits per heavy atom. The highest BCUT2D eigenvalue weighted by Crippen LogP contribution is 2.30. The van der Waals surface area contributed by atoms with Crippen LogP contribution in [0, 0.1) is 0 Å². The third-order valence-corrected chi connectivity index (χ3v) is 3.45. The largest absolute Gasteiger partial charge is 0.493 e. The smallest absolute Gasteiger partial charge is 0.163 e. The molecule has 0 aliphatic carbocycles. The van der Waals surface area contributed by atoms with E-state index >= 15 is 0 Å². The maximum absolute atomic E-state index is 10.4. The first-order valence-corrected chi connectivity index (χ1v) is 6.60. The minimum atomic E-state index is -0.820. The zero-order valence-electron chi connectivity index (χ0n) is 11.1. The summed E-state index contributed by atoms with van der Waals surface area (Å²) in [6.45, 7) is 1.50. The Morgan fingerprint density at radius 1 is 1.47 bits per heavy atom. The van der Waals surface area contributed by atoms with Gasteiger partial charge in [0.25, 0.3) is 0 Å². The molecule has 0 amide bonds. The zero-order chi connectivity index (χ0) is 13.8. The van der Waals surface area contributed by atoms with Crippen LogP contribution in [0.4, 0.5) is 0 Å². The molecule has 1 unspecified atom stereocenters. The van der Waals surface area contributed by atoms with Crippen LogP contribution in [0.5, 0.6) is 5.75 Å². The van der Waals surface area contributed by atoms with E-state index < -0.39 is 6.10 Å². The molecule has 0 fully saturated rings. The number of nitrogens with zero attached hydrogens (tertiary/aromatic N) is 5. The van der Waals surface area contributed by atoms with E-state index in [1.807, 2.05) is 14.1 Å². The van der Waals surface area contributed by atoms with Gasteiger partial charge in [0.15, 0.2) is 5.75 Å². The molecule has 1 N–H and O–H groups in total. The standard InChI is InChI=1S/C11H17N5O2S/c1-15(2)4-5-16-10(8(18-3)6-13-16)11(17)9-7-12-14-19-9/h6-7,11,17H,4-5H2,1-3H3. The lowest BCUT2D eigenvalue weighted by Gasteiger charge is -2.15. The second-order valence-corrected chi connectivity index (χ2v) is 5.16. The minimum Gasteiger partial charge on any atom is -0.493 e. The number of hydrogen-bond donors (Lipinski definition) is 1. The van der Waals surface area contributed by atoms with Crippen LogP contribution in [0.1, 0.15) is 16.7 Å². The van der Waals surface area contributed by atoms with Gasteiger partial charge in [0.1, 0.15) is 11.8 Å². The van der Waals surface area contributed by atoms with Gasteiger partial charge in [-0.3, -0.25) is 4.68 Å². The molecular formula is C11H17N5O2S. The van der Waals surface area contributed by atoms with Crippen molar-refractivity contribution < 1.29 is 9.84 Å². The van der Waals surface area contributed by atoms with E-state index in [2.05, 4.69) is 19.6 Å². The first kappa shape index (κ1) is 13.9. The van der Waals surface area contributed by atoms with Gasteiger partial charge < -0.3 is 14.7 Å². The molecule has 0 saturated heterocycles. The molecule has 7 nitrogen and oxygen atoms in total. The summed E-state index contributed by atoms with van der Waals surface area (Å²) in [6.07, 6.45) is 2.35. The van der Waals surface area contributed by atoms with E-state index in [0.717, 1.165) is 18.1 Å². The maximum atomic E-state index is 10.4. The van der Waals surface area contributed by atoms with Crippen LogP contribution in [0.2, 0.25) is 0 Å². The van der Waals surface area contributed by atoms with Gasteiger partial charge in [-0.15, -0.1) is 5.10 Å². The second kappa shape index (κ2) is 6.09. The Labute approximate surface area is 115 Å². The third-order valence-electron chi connectivity index (χ3n) is 2.73. The molecule has 8 heteroatoms. The molecule has 0 aromatic carbocycles. The van der Waals surface area contributed by atoms with E-state index in [9.17, 15) is 5.11 Å². The van der Waals surface area contributed by atoms with Crippen molar-refractivity contribution in [2.45, 2.75) is 12.6 Å². The molecule has 0 bridgehead atoms. The van der Waals surface area contributed by atoms with Crippen molar-refractivity contribution in [2.24, 2.45) is 0 Å². The summed E-state index contributed by atoms with van der Waals surface area (Å²) in [5.74, 6) is 0.569. The topological polar surface area (TPSA) is 76.3 Å². The molecule has 104 valence electrons. The predicted octanol–water partition coefficient (Wildman–Crippen LogP) is 0.386. The van der Waals surface area contributed by atoms with Crippen LogP contribution in [-0.2, 0) is 6.54 Å². The number of hydrogen-bond acceptors (Lipinski definition) is 7. The fraction of sp³-hybridized carbons (Fsp3) is 0.545. The quantitative estimate of drug-likeness (QED) is 0.826. The Hall–Kier alpha value is -1.51. The molecule has 1 atom stereocenters. The van der Waals surface area contributed by atoms with Crippen LogP contribution in [-0.4, -0.2) is 57.1 Å². The predicted molar refractivity (Wildman–Crippen MR) is 71.3 cm³/mol. The Morgan fingerprint density at radius 3 is 2.84 bits per heavy atom. The number of aliphatic hydroxyl groups is 1. The number of methoxy groups -OCH3 is 1. The van der Waals surface area contributed by atoms with Crippen molar-refractivity contribution in [1.29, 1.82) is 0 Å². The fourth-order valence-electron chi connectivity index (χ4n) is 1.71. The molecule has 19 heavy (non-hydrogen) atoms.